The van der Waals surface area contributed by atoms with Crippen molar-refractivity contribution in [3.8, 4) is 0 Å². The van der Waals surface area contributed by atoms with Gasteiger partial charge in [-0.25, -0.2) is 0 Å². The van der Waals surface area contributed by atoms with E-state index in [9.17, 15) is 14.7 Å². The molecule has 240 valence electrons. The molecule has 8 rings (SSSR count). The summed E-state index contributed by atoms with van der Waals surface area (Å²) in [7, 11) is 0. The number of aliphatic carboxylic acids is 1. The molecule has 49 heavy (non-hydrogen) atoms. The summed E-state index contributed by atoms with van der Waals surface area (Å²) in [5.41, 5.74) is 4.65. The molecule has 0 spiro atoms. The number of aromatic nitrogens is 1. The van der Waals surface area contributed by atoms with Gasteiger partial charge < -0.3 is 14.7 Å². The normalized spacial score (nSPS) is 14.0. The predicted octanol–water partition coefficient (Wildman–Crippen LogP) is 8.97. The Balaban J connectivity index is 1.18. The number of allylic oxidation sites excluding steroid dienone is 5. The molecular weight excluding hydrogens is 629 g/mol. The van der Waals surface area contributed by atoms with Gasteiger partial charge in [-0.05, 0) is 44.6 Å². The molecule has 2 heterocycles. The van der Waals surface area contributed by atoms with Gasteiger partial charge in [0.1, 0.15) is 17.7 Å². The Bertz CT molecular complexity index is 2530. The summed E-state index contributed by atoms with van der Waals surface area (Å²) >= 11 is 1.69. The minimum Gasteiger partial charge on any atom is -0.481 e. The van der Waals surface area contributed by atoms with E-state index in [4.69, 9.17) is 4.74 Å². The van der Waals surface area contributed by atoms with E-state index in [1.807, 2.05) is 18.2 Å². The smallest absolute Gasteiger partial charge is 0.309 e. The zero-order valence-electron chi connectivity index (χ0n) is 26.7. The maximum absolute atomic E-state index is 11.7. The van der Waals surface area contributed by atoms with E-state index < -0.39 is 5.97 Å². The number of hydrogen-bond donors (Lipinski definition) is 1. The molecule has 0 bridgehead atoms. The van der Waals surface area contributed by atoms with Crippen molar-refractivity contribution in [1.82, 2.24) is 0 Å². The van der Waals surface area contributed by atoms with Crippen LogP contribution in [0.15, 0.2) is 127 Å². The SMILES string of the molecule is O=COCCN1\C(=C/C=C/C=C/c2sc3c4ccccc4c4ccccc4c3[n+]2CCC(=O)O)Cc2c1c1ccccc1c1ccccc21. The second-order valence-electron chi connectivity index (χ2n) is 12.1. The maximum Gasteiger partial charge on any atom is 0.309 e. The van der Waals surface area contributed by atoms with Gasteiger partial charge in [0.05, 0.1) is 17.6 Å². The van der Waals surface area contributed by atoms with Crippen LogP contribution in [0.25, 0.3) is 59.4 Å². The highest BCUT2D eigenvalue weighted by molar-refractivity contribution is 7.20. The van der Waals surface area contributed by atoms with Crippen molar-refractivity contribution in [3.63, 3.8) is 0 Å². The summed E-state index contributed by atoms with van der Waals surface area (Å²) in [6.07, 6.45) is 11.1. The van der Waals surface area contributed by atoms with E-state index in [2.05, 4.69) is 119 Å². The number of carboxylic acids is 1. The molecule has 1 N–H and O–H groups in total. The average Bonchev–Trinajstić information content (AvgIpc) is 3.69. The molecule has 0 saturated heterocycles. The van der Waals surface area contributed by atoms with Crippen molar-refractivity contribution >= 4 is 88.8 Å². The first-order valence-corrected chi connectivity index (χ1v) is 17.2. The summed E-state index contributed by atoms with van der Waals surface area (Å²) in [6.45, 7) is 1.72. The van der Waals surface area contributed by atoms with Crippen LogP contribution in [0.4, 0.5) is 5.69 Å². The van der Waals surface area contributed by atoms with Crippen LogP contribution in [0.3, 0.4) is 0 Å². The van der Waals surface area contributed by atoms with Gasteiger partial charge in [0, 0.05) is 29.0 Å². The van der Waals surface area contributed by atoms with E-state index in [0.29, 0.717) is 19.6 Å². The lowest BCUT2D eigenvalue weighted by molar-refractivity contribution is -0.667. The minimum absolute atomic E-state index is 0.0357. The number of nitrogens with zero attached hydrogens (tertiary/aromatic N) is 2. The van der Waals surface area contributed by atoms with Gasteiger partial charge in [-0.2, -0.15) is 4.57 Å². The number of aryl methyl sites for hydroxylation is 1. The largest absolute Gasteiger partial charge is 0.481 e. The number of hydrogen-bond acceptors (Lipinski definition) is 5. The van der Waals surface area contributed by atoms with E-state index in [1.165, 1.54) is 43.6 Å². The van der Waals surface area contributed by atoms with Crippen LogP contribution in [0.5, 0.6) is 0 Å². The van der Waals surface area contributed by atoms with Crippen molar-refractivity contribution < 1.29 is 24.0 Å². The fraction of sp³-hybridized carbons (Fsp3) is 0.119. The number of carbonyl (C=O) groups is 2. The minimum atomic E-state index is -0.820. The Morgan fingerprint density at radius 3 is 2.06 bits per heavy atom. The first kappa shape index (κ1) is 30.5. The second-order valence-corrected chi connectivity index (χ2v) is 13.2. The standard InChI is InChI=1S/C42H32N2O4S/c45-27-48-25-24-43-28(26-37-33-17-5-4-13-29(33)30-14-6-9-18-34(30)40(37)43)12-2-1-3-21-38-44(23-22-39(46)47)41-35-19-10-7-15-31(35)32-16-8-11-20-36(32)42(41)49-38/h1-21,27H,22-26H2/p+1. The van der Waals surface area contributed by atoms with Gasteiger partial charge in [-0.15, -0.1) is 0 Å². The third-order valence-corrected chi connectivity index (χ3v) is 10.6. The number of carboxylic acid groups (broad SMARTS) is 1. The van der Waals surface area contributed by atoms with E-state index >= 15 is 0 Å². The molecule has 0 fully saturated rings. The highest BCUT2D eigenvalue weighted by Gasteiger charge is 2.28. The quantitative estimate of drug-likeness (QED) is 0.0521. The molecule has 6 nitrogen and oxygen atoms in total. The third kappa shape index (κ3) is 5.42. The first-order chi connectivity index (χ1) is 24.1. The van der Waals surface area contributed by atoms with Crippen LogP contribution in [0, 0.1) is 0 Å². The average molecular weight is 662 g/mol. The van der Waals surface area contributed by atoms with Crippen molar-refractivity contribution in [2.45, 2.75) is 19.4 Å². The van der Waals surface area contributed by atoms with Crippen molar-refractivity contribution in [1.29, 1.82) is 0 Å². The van der Waals surface area contributed by atoms with Crippen LogP contribution in [0.1, 0.15) is 17.0 Å². The molecule has 7 aromatic rings. The Labute approximate surface area is 287 Å². The summed E-state index contributed by atoms with van der Waals surface area (Å²) in [5.74, 6) is -0.820. The van der Waals surface area contributed by atoms with Gasteiger partial charge in [-0.1, -0.05) is 121 Å². The molecule has 6 aromatic carbocycles. The number of fused-ring (bicyclic) bond motifs is 12. The molecule has 0 atom stereocenters. The van der Waals surface area contributed by atoms with Gasteiger partial charge in [-0.3, -0.25) is 9.59 Å². The molecular formula is C42H33N2O4S+. The van der Waals surface area contributed by atoms with E-state index in [0.717, 1.165) is 38.1 Å². The highest BCUT2D eigenvalue weighted by atomic mass is 32.1. The molecule has 0 unspecified atom stereocenters. The maximum atomic E-state index is 11.7. The van der Waals surface area contributed by atoms with Gasteiger partial charge >= 0.3 is 5.97 Å². The lowest BCUT2D eigenvalue weighted by Gasteiger charge is -2.23. The number of rotatable bonds is 10. The first-order valence-electron chi connectivity index (χ1n) is 16.4. The van der Waals surface area contributed by atoms with Crippen LogP contribution in [0.2, 0.25) is 0 Å². The Hall–Kier alpha value is -5.79. The van der Waals surface area contributed by atoms with Crippen LogP contribution in [-0.2, 0) is 27.3 Å². The lowest BCUT2D eigenvalue weighted by atomic mass is 9.95. The van der Waals surface area contributed by atoms with Crippen LogP contribution in [-0.4, -0.2) is 30.7 Å². The summed E-state index contributed by atoms with van der Waals surface area (Å²) < 4.78 is 8.47. The predicted molar refractivity (Wildman–Crippen MR) is 200 cm³/mol. The lowest BCUT2D eigenvalue weighted by Crippen LogP contribution is -2.36. The van der Waals surface area contributed by atoms with Crippen LogP contribution < -0.4 is 9.47 Å². The Kier molecular flexibility index (Phi) is 8.11. The van der Waals surface area contributed by atoms with Gasteiger partial charge in [0.15, 0.2) is 6.54 Å². The van der Waals surface area contributed by atoms with Crippen molar-refractivity contribution in [2.24, 2.45) is 0 Å². The third-order valence-electron chi connectivity index (χ3n) is 9.39. The number of thiazole rings is 1. The van der Waals surface area contributed by atoms with Gasteiger partial charge in [0.25, 0.3) is 11.5 Å². The number of carbonyl (C=O) groups excluding carboxylic acids is 1. The number of benzene rings is 6. The topological polar surface area (TPSA) is 70.7 Å². The number of anilines is 1. The number of ether oxygens (including phenoxy) is 1. The molecule has 0 saturated carbocycles. The van der Waals surface area contributed by atoms with E-state index in [1.54, 1.807) is 11.3 Å². The monoisotopic (exact) mass is 661 g/mol. The fourth-order valence-electron chi connectivity index (χ4n) is 7.35. The molecule has 0 amide bonds. The van der Waals surface area contributed by atoms with E-state index in [-0.39, 0.29) is 13.0 Å². The zero-order chi connectivity index (χ0) is 33.3. The van der Waals surface area contributed by atoms with Crippen LogP contribution >= 0.6 is 11.3 Å². The Morgan fingerprint density at radius 2 is 1.37 bits per heavy atom. The highest BCUT2D eigenvalue weighted by Crippen LogP contribution is 2.45. The second kappa shape index (κ2) is 13.0. The van der Waals surface area contributed by atoms with Crippen molar-refractivity contribution in [2.75, 3.05) is 18.1 Å². The Morgan fingerprint density at radius 1 is 0.776 bits per heavy atom. The summed E-state index contributed by atoms with van der Waals surface area (Å²) in [4.78, 5) is 25.0. The molecule has 0 radical (unpaired) electrons. The van der Waals surface area contributed by atoms with Crippen molar-refractivity contribution in [3.05, 3.63) is 138 Å². The van der Waals surface area contributed by atoms with Gasteiger partial charge in [0.2, 0.25) is 5.52 Å². The molecule has 1 aromatic heterocycles. The summed E-state index contributed by atoms with van der Waals surface area (Å²) in [5, 5.41) is 20.1. The fourth-order valence-corrected chi connectivity index (χ4v) is 8.61. The molecule has 0 aliphatic carbocycles. The summed E-state index contributed by atoms with van der Waals surface area (Å²) in [6, 6.07) is 33.9. The molecule has 1 aliphatic rings. The molecule has 1 aliphatic heterocycles. The molecule has 7 heteroatoms. The zero-order valence-corrected chi connectivity index (χ0v) is 27.5.